The zero-order valence-corrected chi connectivity index (χ0v) is 9.21. The number of pyridine rings is 1. The summed E-state index contributed by atoms with van der Waals surface area (Å²) in [5, 5.41) is 0. The third-order valence-corrected chi connectivity index (χ3v) is 1.97. The summed E-state index contributed by atoms with van der Waals surface area (Å²) >= 11 is 0. The van der Waals surface area contributed by atoms with Crippen LogP contribution in [0.5, 0.6) is 0 Å². The fraction of sp³-hybridized carbons (Fsp3) is 0. The van der Waals surface area contributed by atoms with E-state index in [1.807, 2.05) is 54.6 Å². The van der Waals surface area contributed by atoms with Crippen molar-refractivity contribution in [1.82, 2.24) is 4.98 Å². The van der Waals surface area contributed by atoms with Gasteiger partial charge in [0.15, 0.2) is 0 Å². The van der Waals surface area contributed by atoms with Gasteiger partial charge in [-0.05, 0) is 23.3 Å². The molecule has 1 heterocycles. The molecule has 0 saturated heterocycles. The lowest BCUT2D eigenvalue weighted by molar-refractivity contribution is 1.33. The maximum absolute atomic E-state index is 3.78. The lowest BCUT2D eigenvalue weighted by atomic mass is 10.1. The molecule has 2 rings (SSSR count). The van der Waals surface area contributed by atoms with E-state index in [0.717, 1.165) is 11.1 Å². The smallest absolute Gasteiger partial charge is 0.0267 e. The Morgan fingerprint density at radius 2 is 1.19 bits per heavy atom. The third-order valence-electron chi connectivity index (χ3n) is 1.97. The molecule has 0 fully saturated rings. The number of rotatable bonds is 2. The Hall–Kier alpha value is -2.15. The molecule has 0 amide bonds. The van der Waals surface area contributed by atoms with Crippen LogP contribution in [0.2, 0.25) is 0 Å². The van der Waals surface area contributed by atoms with Crippen LogP contribution >= 0.6 is 0 Å². The summed E-state index contributed by atoms with van der Waals surface area (Å²) in [5.41, 5.74) is 2.29. The Balaban J connectivity index is 0.000000181. The van der Waals surface area contributed by atoms with Crippen LogP contribution < -0.4 is 0 Å². The second kappa shape index (κ2) is 7.18. The summed E-state index contributed by atoms with van der Waals surface area (Å²) in [7, 11) is 0. The van der Waals surface area contributed by atoms with E-state index in [4.69, 9.17) is 0 Å². The Bertz CT molecular complexity index is 361. The van der Waals surface area contributed by atoms with Gasteiger partial charge in [-0.3, -0.25) is 4.98 Å². The van der Waals surface area contributed by atoms with E-state index in [0.29, 0.717) is 0 Å². The van der Waals surface area contributed by atoms with Gasteiger partial charge in [0.25, 0.3) is 0 Å². The first-order valence-corrected chi connectivity index (χ1v) is 5.06. The summed E-state index contributed by atoms with van der Waals surface area (Å²) in [5.74, 6) is 0. The fourth-order valence-corrected chi connectivity index (χ4v) is 1.08. The Kier molecular flexibility index (Phi) is 5.35. The summed E-state index contributed by atoms with van der Waals surface area (Å²) in [6.45, 7) is 7.32. The zero-order valence-electron chi connectivity index (χ0n) is 9.21. The van der Waals surface area contributed by atoms with Crippen molar-refractivity contribution in [3.8, 4) is 0 Å². The second-order valence-corrected chi connectivity index (χ2v) is 3.10. The van der Waals surface area contributed by atoms with Gasteiger partial charge in [-0.2, -0.15) is 0 Å². The quantitative estimate of drug-likeness (QED) is 0.727. The molecule has 80 valence electrons. The highest BCUT2D eigenvalue weighted by atomic mass is 14.6. The predicted molar refractivity (Wildman–Crippen MR) is 70.9 cm³/mol. The van der Waals surface area contributed by atoms with Gasteiger partial charge in [0.2, 0.25) is 0 Å². The number of benzene rings is 1. The largest absolute Gasteiger partial charge is 0.265 e. The molecular weight excluding hydrogens is 194 g/mol. The van der Waals surface area contributed by atoms with Crippen molar-refractivity contribution in [1.29, 1.82) is 0 Å². The minimum atomic E-state index is 1.14. The number of hydrogen-bond acceptors (Lipinski definition) is 1. The van der Waals surface area contributed by atoms with Crippen molar-refractivity contribution in [2.24, 2.45) is 0 Å². The molecule has 0 aliphatic rings. The molecule has 0 bridgehead atoms. The molecular formula is C15H15N. The minimum Gasteiger partial charge on any atom is -0.265 e. The van der Waals surface area contributed by atoms with E-state index >= 15 is 0 Å². The van der Waals surface area contributed by atoms with Gasteiger partial charge < -0.3 is 0 Å². The molecule has 0 spiro atoms. The first-order chi connectivity index (χ1) is 7.86. The highest BCUT2D eigenvalue weighted by molar-refractivity contribution is 5.53. The van der Waals surface area contributed by atoms with Gasteiger partial charge in [-0.15, -0.1) is 0 Å². The molecule has 2 aromatic rings. The molecule has 0 aliphatic heterocycles. The van der Waals surface area contributed by atoms with E-state index in [9.17, 15) is 0 Å². The van der Waals surface area contributed by atoms with Crippen molar-refractivity contribution < 1.29 is 0 Å². The maximum Gasteiger partial charge on any atom is 0.0267 e. The number of nitrogens with zero attached hydrogens (tertiary/aromatic N) is 1. The Morgan fingerprint density at radius 3 is 1.38 bits per heavy atom. The SMILES string of the molecule is C=Cc1ccc(C=C)cc1.c1ccncc1. The van der Waals surface area contributed by atoms with Gasteiger partial charge in [-0.1, -0.05) is 55.6 Å². The maximum atomic E-state index is 3.78. The average molecular weight is 209 g/mol. The lowest BCUT2D eigenvalue weighted by Crippen LogP contribution is -1.71. The van der Waals surface area contributed by atoms with Gasteiger partial charge in [0, 0.05) is 12.4 Å². The molecule has 0 saturated carbocycles. The minimum absolute atomic E-state index is 1.14. The van der Waals surface area contributed by atoms with Crippen LogP contribution in [0, 0.1) is 0 Å². The molecule has 16 heavy (non-hydrogen) atoms. The van der Waals surface area contributed by atoms with E-state index in [-0.39, 0.29) is 0 Å². The van der Waals surface area contributed by atoms with Gasteiger partial charge >= 0.3 is 0 Å². The van der Waals surface area contributed by atoms with E-state index in [2.05, 4.69) is 18.1 Å². The monoisotopic (exact) mass is 209 g/mol. The van der Waals surface area contributed by atoms with Crippen LogP contribution in [-0.4, -0.2) is 4.98 Å². The molecule has 0 radical (unpaired) electrons. The van der Waals surface area contributed by atoms with Gasteiger partial charge in [-0.25, -0.2) is 0 Å². The van der Waals surface area contributed by atoms with Crippen LogP contribution in [0.25, 0.3) is 12.2 Å². The lowest BCUT2D eigenvalue weighted by Gasteiger charge is -1.92. The van der Waals surface area contributed by atoms with Crippen LogP contribution in [-0.2, 0) is 0 Å². The molecule has 0 atom stereocenters. The van der Waals surface area contributed by atoms with Crippen LogP contribution in [0.1, 0.15) is 11.1 Å². The van der Waals surface area contributed by atoms with Crippen molar-refractivity contribution >= 4 is 12.2 Å². The molecule has 1 heteroatoms. The predicted octanol–water partition coefficient (Wildman–Crippen LogP) is 4.05. The topological polar surface area (TPSA) is 12.9 Å². The van der Waals surface area contributed by atoms with E-state index < -0.39 is 0 Å². The van der Waals surface area contributed by atoms with Crippen LogP contribution in [0.15, 0.2) is 68.0 Å². The summed E-state index contributed by atoms with van der Waals surface area (Å²) in [6.07, 6.45) is 7.15. The first-order valence-electron chi connectivity index (χ1n) is 5.06. The fourth-order valence-electron chi connectivity index (χ4n) is 1.08. The van der Waals surface area contributed by atoms with Gasteiger partial charge in [0.1, 0.15) is 0 Å². The average Bonchev–Trinajstić information content (AvgIpc) is 2.41. The number of hydrogen-bond donors (Lipinski definition) is 0. The third kappa shape index (κ3) is 4.38. The summed E-state index contributed by atoms with van der Waals surface area (Å²) in [6, 6.07) is 13.8. The molecule has 0 unspecified atom stereocenters. The molecule has 0 N–H and O–H groups in total. The molecule has 1 aromatic heterocycles. The normalized spacial score (nSPS) is 8.50. The standard InChI is InChI=1S/C10H10.C5H5N/c1-3-9-5-7-10(4-2)8-6-9;1-2-4-6-5-3-1/h3-8H,1-2H2;1-5H. The zero-order chi connectivity index (χ0) is 11.6. The summed E-state index contributed by atoms with van der Waals surface area (Å²) < 4.78 is 0. The van der Waals surface area contributed by atoms with E-state index in [1.54, 1.807) is 12.4 Å². The Labute approximate surface area is 96.8 Å². The van der Waals surface area contributed by atoms with Crippen molar-refractivity contribution in [3.05, 3.63) is 79.1 Å². The van der Waals surface area contributed by atoms with Crippen LogP contribution in [0.3, 0.4) is 0 Å². The van der Waals surface area contributed by atoms with Gasteiger partial charge in [0.05, 0.1) is 0 Å². The highest BCUT2D eigenvalue weighted by Gasteiger charge is 1.84. The van der Waals surface area contributed by atoms with Crippen molar-refractivity contribution in [3.63, 3.8) is 0 Å². The first kappa shape index (κ1) is 11.9. The van der Waals surface area contributed by atoms with Crippen LogP contribution in [0.4, 0.5) is 0 Å². The van der Waals surface area contributed by atoms with Crippen molar-refractivity contribution in [2.75, 3.05) is 0 Å². The molecule has 1 nitrogen and oxygen atoms in total. The summed E-state index contributed by atoms with van der Waals surface area (Å²) in [4.78, 5) is 3.78. The van der Waals surface area contributed by atoms with E-state index in [1.165, 1.54) is 0 Å². The number of aromatic nitrogens is 1. The Morgan fingerprint density at radius 1 is 0.750 bits per heavy atom. The molecule has 0 aliphatic carbocycles. The second-order valence-electron chi connectivity index (χ2n) is 3.10. The molecule has 1 aromatic carbocycles. The van der Waals surface area contributed by atoms with Crippen molar-refractivity contribution in [2.45, 2.75) is 0 Å². The highest BCUT2D eigenvalue weighted by Crippen LogP contribution is 2.05.